The number of rotatable bonds is 9. The van der Waals surface area contributed by atoms with E-state index in [1.165, 1.54) is 24.5 Å². The summed E-state index contributed by atoms with van der Waals surface area (Å²) in [6, 6.07) is 6.17. The molecule has 3 rings (SSSR count). The van der Waals surface area contributed by atoms with Crippen molar-refractivity contribution < 1.29 is 44.2 Å². The zero-order valence-corrected chi connectivity index (χ0v) is 19.3. The zero-order valence-electron chi connectivity index (χ0n) is 19.3. The highest BCUT2D eigenvalue weighted by molar-refractivity contribution is 5.87. The molecule has 0 amide bonds. The molecule has 9 heteroatoms. The van der Waals surface area contributed by atoms with Gasteiger partial charge in [-0.1, -0.05) is 32.4 Å². The molecule has 0 bridgehead atoms. The van der Waals surface area contributed by atoms with Crippen molar-refractivity contribution >= 4 is 18.0 Å². The number of hydrogen-bond donors (Lipinski definition) is 4. The summed E-state index contributed by atoms with van der Waals surface area (Å²) in [6.07, 6.45) is 2.48. The number of fused-ring (bicyclic) bond motifs is 1. The molecule has 34 heavy (non-hydrogen) atoms. The van der Waals surface area contributed by atoms with Gasteiger partial charge in [-0.2, -0.15) is 0 Å². The standard InChI is InChI=1S/C25H32O9/c1-3-15(2)10-22(30)34-24-23-19(17(12-26)13-32-24)11-20(28)25(23,31)14-33-21(29)9-6-16-4-7-18(27)8-5-16/h4-9,13,15,19-20,23-24,26-28,31H,3,10-12,14H2,1-2H3/b9-6+/t15?,19-,20+,23-,24+,25-/m1/s1. The minimum Gasteiger partial charge on any atom is -0.508 e. The number of hydrogen-bond acceptors (Lipinski definition) is 9. The van der Waals surface area contributed by atoms with E-state index in [1.54, 1.807) is 12.1 Å². The molecule has 1 saturated carbocycles. The van der Waals surface area contributed by atoms with Crippen LogP contribution in [-0.4, -0.2) is 63.6 Å². The number of benzene rings is 1. The van der Waals surface area contributed by atoms with Gasteiger partial charge in [-0.05, 0) is 41.7 Å². The van der Waals surface area contributed by atoms with Crippen LogP contribution in [0.5, 0.6) is 5.75 Å². The third-order valence-electron chi connectivity index (χ3n) is 6.58. The first-order valence-corrected chi connectivity index (χ1v) is 11.4. The second-order valence-electron chi connectivity index (χ2n) is 8.97. The monoisotopic (exact) mass is 476 g/mol. The second-order valence-corrected chi connectivity index (χ2v) is 8.97. The summed E-state index contributed by atoms with van der Waals surface area (Å²) in [6.45, 7) is 2.95. The summed E-state index contributed by atoms with van der Waals surface area (Å²) in [5.41, 5.74) is -0.850. The number of aliphatic hydroxyl groups is 3. The maximum Gasteiger partial charge on any atom is 0.330 e. The van der Waals surface area contributed by atoms with Crippen LogP contribution < -0.4 is 0 Å². The van der Waals surface area contributed by atoms with Gasteiger partial charge in [-0.25, -0.2) is 4.79 Å². The third kappa shape index (κ3) is 5.78. The van der Waals surface area contributed by atoms with Crippen molar-refractivity contribution in [2.24, 2.45) is 17.8 Å². The molecule has 2 aliphatic rings. The molecule has 0 spiro atoms. The number of carbonyl (C=O) groups excluding carboxylic acids is 2. The summed E-state index contributed by atoms with van der Waals surface area (Å²) < 4.78 is 16.3. The van der Waals surface area contributed by atoms with Crippen LogP contribution in [0.4, 0.5) is 0 Å². The average molecular weight is 477 g/mol. The predicted octanol–water partition coefficient (Wildman–Crippen LogP) is 1.89. The van der Waals surface area contributed by atoms with Gasteiger partial charge < -0.3 is 34.6 Å². The molecule has 0 aromatic heterocycles. The summed E-state index contributed by atoms with van der Waals surface area (Å²) in [5, 5.41) is 41.1. The lowest BCUT2D eigenvalue weighted by molar-refractivity contribution is -0.221. The molecule has 1 aromatic carbocycles. The first-order chi connectivity index (χ1) is 16.2. The molecule has 1 fully saturated rings. The Morgan fingerprint density at radius 1 is 1.29 bits per heavy atom. The largest absolute Gasteiger partial charge is 0.508 e. The van der Waals surface area contributed by atoms with Crippen molar-refractivity contribution in [2.45, 2.75) is 51.1 Å². The van der Waals surface area contributed by atoms with Crippen LogP contribution in [0.2, 0.25) is 0 Å². The number of ether oxygens (including phenoxy) is 3. The van der Waals surface area contributed by atoms with Gasteiger partial charge in [0.25, 0.3) is 0 Å². The van der Waals surface area contributed by atoms with Gasteiger partial charge in [0, 0.05) is 18.4 Å². The molecule has 1 aromatic rings. The molecule has 1 aliphatic carbocycles. The number of phenols is 1. The van der Waals surface area contributed by atoms with Crippen LogP contribution in [0, 0.1) is 17.8 Å². The summed E-state index contributed by atoms with van der Waals surface area (Å²) >= 11 is 0. The average Bonchev–Trinajstić information content (AvgIpc) is 3.08. The van der Waals surface area contributed by atoms with E-state index in [0.29, 0.717) is 11.1 Å². The van der Waals surface area contributed by atoms with Crippen LogP contribution in [0.25, 0.3) is 6.08 Å². The lowest BCUT2D eigenvalue weighted by atomic mass is 9.80. The Labute approximate surface area is 198 Å². The molecule has 6 atom stereocenters. The molecular weight excluding hydrogens is 444 g/mol. The van der Waals surface area contributed by atoms with Gasteiger partial charge >= 0.3 is 11.9 Å². The van der Waals surface area contributed by atoms with Gasteiger partial charge in [0.15, 0.2) is 0 Å². The molecule has 0 radical (unpaired) electrons. The summed E-state index contributed by atoms with van der Waals surface area (Å²) in [7, 11) is 0. The van der Waals surface area contributed by atoms with Crippen molar-refractivity contribution in [1.82, 2.24) is 0 Å². The Morgan fingerprint density at radius 3 is 2.65 bits per heavy atom. The number of aromatic hydroxyl groups is 1. The number of aliphatic hydroxyl groups excluding tert-OH is 2. The van der Waals surface area contributed by atoms with Crippen LogP contribution in [0.15, 0.2) is 42.2 Å². The highest BCUT2D eigenvalue weighted by atomic mass is 16.7. The quantitative estimate of drug-likeness (QED) is 0.310. The Bertz CT molecular complexity index is 923. The first kappa shape index (κ1) is 25.7. The molecular formula is C25H32O9. The Balaban J connectivity index is 1.72. The SMILES string of the molecule is CCC(C)CC(=O)O[C@@H]1OC=C(CO)[C@H]2C[C@H](O)[C@](O)(COC(=O)/C=C/c3ccc(O)cc3)[C@@H]12. The fourth-order valence-electron chi connectivity index (χ4n) is 4.33. The van der Waals surface area contributed by atoms with E-state index < -0.39 is 48.4 Å². The third-order valence-corrected chi connectivity index (χ3v) is 6.58. The molecule has 9 nitrogen and oxygen atoms in total. The van der Waals surface area contributed by atoms with Gasteiger partial charge in [0.1, 0.15) is 18.0 Å². The van der Waals surface area contributed by atoms with Crippen molar-refractivity contribution in [2.75, 3.05) is 13.2 Å². The van der Waals surface area contributed by atoms with Crippen molar-refractivity contribution in [3.05, 3.63) is 47.7 Å². The van der Waals surface area contributed by atoms with E-state index in [0.717, 1.165) is 12.5 Å². The molecule has 0 saturated heterocycles. The topological polar surface area (TPSA) is 143 Å². The van der Waals surface area contributed by atoms with Gasteiger partial charge in [-0.15, -0.1) is 0 Å². The van der Waals surface area contributed by atoms with Crippen LogP contribution in [0.3, 0.4) is 0 Å². The van der Waals surface area contributed by atoms with E-state index in [1.807, 2.05) is 13.8 Å². The second kappa shape index (κ2) is 11.0. The van der Waals surface area contributed by atoms with Crippen LogP contribution in [-0.2, 0) is 23.8 Å². The smallest absolute Gasteiger partial charge is 0.330 e. The maximum absolute atomic E-state index is 12.4. The Hall–Kier alpha value is -2.88. The summed E-state index contributed by atoms with van der Waals surface area (Å²) in [5.74, 6) is -2.52. The maximum atomic E-state index is 12.4. The van der Waals surface area contributed by atoms with E-state index >= 15 is 0 Å². The van der Waals surface area contributed by atoms with E-state index in [4.69, 9.17) is 14.2 Å². The highest BCUT2D eigenvalue weighted by Crippen LogP contribution is 2.49. The van der Waals surface area contributed by atoms with Crippen molar-refractivity contribution in [3.63, 3.8) is 0 Å². The van der Waals surface area contributed by atoms with Crippen LogP contribution >= 0.6 is 0 Å². The van der Waals surface area contributed by atoms with E-state index in [9.17, 15) is 30.0 Å². The number of phenolic OH excluding ortho intramolecular Hbond substituents is 1. The lowest BCUT2D eigenvalue weighted by Crippen LogP contribution is -2.54. The van der Waals surface area contributed by atoms with Gasteiger partial charge in [0.05, 0.1) is 24.9 Å². The van der Waals surface area contributed by atoms with Crippen molar-refractivity contribution in [1.29, 1.82) is 0 Å². The molecule has 186 valence electrons. The van der Waals surface area contributed by atoms with Crippen LogP contribution in [0.1, 0.15) is 38.7 Å². The highest BCUT2D eigenvalue weighted by Gasteiger charge is 2.61. The Kier molecular flexibility index (Phi) is 8.35. The van der Waals surface area contributed by atoms with Gasteiger partial charge in [-0.3, -0.25) is 4.79 Å². The predicted molar refractivity (Wildman–Crippen MR) is 121 cm³/mol. The number of esters is 2. The summed E-state index contributed by atoms with van der Waals surface area (Å²) in [4.78, 5) is 24.7. The fourth-order valence-corrected chi connectivity index (χ4v) is 4.33. The lowest BCUT2D eigenvalue weighted by Gasteiger charge is -2.40. The number of carbonyl (C=O) groups is 2. The van der Waals surface area contributed by atoms with E-state index in [-0.39, 0.29) is 31.1 Å². The Morgan fingerprint density at radius 2 is 2.00 bits per heavy atom. The minimum absolute atomic E-state index is 0.0806. The van der Waals surface area contributed by atoms with Gasteiger partial charge in [0.2, 0.25) is 6.29 Å². The molecule has 4 N–H and O–H groups in total. The van der Waals surface area contributed by atoms with E-state index in [2.05, 4.69) is 0 Å². The normalized spacial score (nSPS) is 29.1. The zero-order chi connectivity index (χ0) is 24.9. The molecule has 1 heterocycles. The molecule has 1 unspecified atom stereocenters. The van der Waals surface area contributed by atoms with Crippen molar-refractivity contribution in [3.8, 4) is 5.75 Å². The molecule has 1 aliphatic heterocycles. The first-order valence-electron chi connectivity index (χ1n) is 11.4. The minimum atomic E-state index is -1.96. The fraction of sp³-hybridized carbons (Fsp3) is 0.520.